The Morgan fingerprint density at radius 3 is 2.69 bits per heavy atom. The van der Waals surface area contributed by atoms with Gasteiger partial charge in [-0.2, -0.15) is 4.98 Å². The van der Waals surface area contributed by atoms with Gasteiger partial charge in [-0.15, -0.1) is 0 Å². The Morgan fingerprint density at radius 1 is 1.27 bits per heavy atom. The van der Waals surface area contributed by atoms with Crippen molar-refractivity contribution < 1.29 is 9.32 Å². The van der Waals surface area contributed by atoms with Crippen LogP contribution in [0.5, 0.6) is 0 Å². The first-order chi connectivity index (χ1) is 12.7. The predicted molar refractivity (Wildman–Crippen MR) is 99.6 cm³/mol. The molecule has 1 aliphatic heterocycles. The molecular formula is C20H28N4O2. The van der Waals surface area contributed by atoms with Crippen molar-refractivity contribution in [3.05, 3.63) is 47.6 Å². The molecule has 1 aromatic carbocycles. The molecule has 0 saturated carbocycles. The summed E-state index contributed by atoms with van der Waals surface area (Å²) in [5.41, 5.74) is 1.41. The number of hydrogen-bond acceptors (Lipinski definition) is 5. The van der Waals surface area contributed by atoms with Crippen LogP contribution >= 0.6 is 0 Å². The van der Waals surface area contributed by atoms with Crippen molar-refractivity contribution in [3.8, 4) is 0 Å². The Morgan fingerprint density at radius 2 is 2.00 bits per heavy atom. The van der Waals surface area contributed by atoms with Crippen LogP contribution in [0.2, 0.25) is 0 Å². The van der Waals surface area contributed by atoms with Crippen molar-refractivity contribution in [1.82, 2.24) is 19.9 Å². The number of rotatable bonds is 7. The van der Waals surface area contributed by atoms with Crippen molar-refractivity contribution in [2.24, 2.45) is 0 Å². The Bertz CT molecular complexity index is 693. The topological polar surface area (TPSA) is 62.5 Å². The Balaban J connectivity index is 1.44. The van der Waals surface area contributed by atoms with E-state index in [1.165, 1.54) is 5.56 Å². The second-order valence-electron chi connectivity index (χ2n) is 7.07. The number of likely N-dealkylation sites (N-methyl/N-ethyl adjacent to an activating group) is 1. The van der Waals surface area contributed by atoms with E-state index in [2.05, 4.69) is 52.3 Å². The van der Waals surface area contributed by atoms with Crippen LogP contribution in [0.4, 0.5) is 0 Å². The largest absolute Gasteiger partial charge is 0.339 e. The lowest BCUT2D eigenvalue weighted by Crippen LogP contribution is -2.41. The van der Waals surface area contributed by atoms with Crippen molar-refractivity contribution in [3.63, 3.8) is 0 Å². The highest BCUT2D eigenvalue weighted by atomic mass is 16.5. The highest BCUT2D eigenvalue weighted by Gasteiger charge is 2.23. The molecule has 140 valence electrons. The summed E-state index contributed by atoms with van der Waals surface area (Å²) in [6.07, 6.45) is 3.95. The molecule has 2 heterocycles. The molecule has 0 bridgehead atoms. The molecule has 1 saturated heterocycles. The average molecular weight is 356 g/mol. The van der Waals surface area contributed by atoms with Crippen LogP contribution in [0.3, 0.4) is 0 Å². The molecule has 3 rings (SSSR count). The zero-order chi connectivity index (χ0) is 18.4. The van der Waals surface area contributed by atoms with Crippen LogP contribution in [0.25, 0.3) is 0 Å². The van der Waals surface area contributed by atoms with Gasteiger partial charge < -0.3 is 9.42 Å². The van der Waals surface area contributed by atoms with Gasteiger partial charge in [0.25, 0.3) is 0 Å². The van der Waals surface area contributed by atoms with E-state index >= 15 is 0 Å². The molecule has 26 heavy (non-hydrogen) atoms. The summed E-state index contributed by atoms with van der Waals surface area (Å²) in [5, 5.41) is 3.95. The van der Waals surface area contributed by atoms with Crippen LogP contribution in [-0.2, 0) is 17.8 Å². The number of likely N-dealkylation sites (tertiary alicyclic amines) is 1. The molecule has 6 nitrogen and oxygen atoms in total. The van der Waals surface area contributed by atoms with E-state index in [0.29, 0.717) is 30.7 Å². The minimum Gasteiger partial charge on any atom is -0.339 e. The van der Waals surface area contributed by atoms with Crippen molar-refractivity contribution >= 4 is 5.91 Å². The maximum absolute atomic E-state index is 12.5. The number of hydrogen-bond donors (Lipinski definition) is 0. The van der Waals surface area contributed by atoms with Crippen LogP contribution < -0.4 is 0 Å². The Labute approximate surface area is 155 Å². The normalized spacial score (nSPS) is 15.9. The van der Waals surface area contributed by atoms with Gasteiger partial charge in [-0.25, -0.2) is 0 Å². The van der Waals surface area contributed by atoms with Crippen LogP contribution in [0.1, 0.15) is 49.4 Å². The number of carbonyl (C=O) groups is 1. The first-order valence-electron chi connectivity index (χ1n) is 9.48. The van der Waals surface area contributed by atoms with Crippen LogP contribution in [0, 0.1) is 0 Å². The summed E-state index contributed by atoms with van der Waals surface area (Å²) in [5.74, 6) is 1.93. The molecule has 0 N–H and O–H groups in total. The molecule has 0 unspecified atom stereocenters. The monoisotopic (exact) mass is 356 g/mol. The minimum absolute atomic E-state index is 0.102. The maximum atomic E-state index is 12.5. The quantitative estimate of drug-likeness (QED) is 0.763. The van der Waals surface area contributed by atoms with E-state index in [-0.39, 0.29) is 5.91 Å². The number of aryl methyl sites for hydroxylation is 1. The van der Waals surface area contributed by atoms with E-state index in [1.807, 2.05) is 0 Å². The van der Waals surface area contributed by atoms with Gasteiger partial charge in [0, 0.05) is 13.5 Å². The van der Waals surface area contributed by atoms with E-state index in [0.717, 1.165) is 38.8 Å². The molecule has 0 aliphatic carbocycles. The summed E-state index contributed by atoms with van der Waals surface area (Å²) in [6.45, 7) is 4.84. The van der Waals surface area contributed by atoms with Gasteiger partial charge >= 0.3 is 0 Å². The SMILES string of the molecule is CCCc1nc(CN(C)C(=O)CN2CCC(c3ccccc3)CC2)no1. The summed E-state index contributed by atoms with van der Waals surface area (Å²) in [7, 11) is 1.80. The fourth-order valence-corrected chi connectivity index (χ4v) is 3.43. The predicted octanol–water partition coefficient (Wildman–Crippen LogP) is 2.86. The molecule has 0 atom stereocenters. The third-order valence-electron chi connectivity index (χ3n) is 5.00. The molecule has 1 aromatic heterocycles. The summed E-state index contributed by atoms with van der Waals surface area (Å²) < 4.78 is 5.18. The lowest BCUT2D eigenvalue weighted by atomic mass is 9.89. The van der Waals surface area contributed by atoms with Gasteiger partial charge in [-0.1, -0.05) is 42.4 Å². The van der Waals surface area contributed by atoms with Crippen molar-refractivity contribution in [2.75, 3.05) is 26.7 Å². The van der Waals surface area contributed by atoms with Crippen molar-refractivity contribution in [2.45, 2.75) is 45.1 Å². The second kappa shape index (κ2) is 8.94. The fourth-order valence-electron chi connectivity index (χ4n) is 3.43. The lowest BCUT2D eigenvalue weighted by Gasteiger charge is -2.32. The summed E-state index contributed by atoms with van der Waals surface area (Å²) >= 11 is 0. The third kappa shape index (κ3) is 4.91. The highest BCUT2D eigenvalue weighted by Crippen LogP contribution is 2.27. The maximum Gasteiger partial charge on any atom is 0.236 e. The van der Waals surface area contributed by atoms with Gasteiger partial charge in [0.2, 0.25) is 11.8 Å². The zero-order valence-corrected chi connectivity index (χ0v) is 15.7. The molecule has 1 fully saturated rings. The number of piperidine rings is 1. The molecule has 2 aromatic rings. The van der Waals surface area contributed by atoms with Crippen molar-refractivity contribution in [1.29, 1.82) is 0 Å². The van der Waals surface area contributed by atoms with Gasteiger partial charge in [0.05, 0.1) is 13.1 Å². The highest BCUT2D eigenvalue weighted by molar-refractivity contribution is 5.77. The number of nitrogens with zero attached hydrogens (tertiary/aromatic N) is 4. The standard InChI is InChI=1S/C20H28N4O2/c1-3-7-19-21-18(22-26-19)14-23(2)20(25)15-24-12-10-17(11-13-24)16-8-5-4-6-9-16/h4-6,8-9,17H,3,7,10-15H2,1-2H3. The number of benzene rings is 1. The molecule has 1 aliphatic rings. The lowest BCUT2D eigenvalue weighted by molar-refractivity contribution is -0.132. The second-order valence-corrected chi connectivity index (χ2v) is 7.07. The Kier molecular flexibility index (Phi) is 6.39. The van der Waals surface area contributed by atoms with E-state index in [4.69, 9.17) is 4.52 Å². The fraction of sp³-hybridized carbons (Fsp3) is 0.550. The summed E-state index contributed by atoms with van der Waals surface area (Å²) in [4.78, 5) is 20.8. The van der Waals surface area contributed by atoms with Gasteiger partial charge in [0.1, 0.15) is 0 Å². The van der Waals surface area contributed by atoms with E-state index in [9.17, 15) is 4.79 Å². The molecule has 6 heteroatoms. The Hall–Kier alpha value is -2.21. The molecular weight excluding hydrogens is 328 g/mol. The zero-order valence-electron chi connectivity index (χ0n) is 15.7. The van der Waals surface area contributed by atoms with Gasteiger partial charge in [-0.3, -0.25) is 9.69 Å². The third-order valence-corrected chi connectivity index (χ3v) is 5.00. The first kappa shape index (κ1) is 18.6. The molecule has 1 amide bonds. The van der Waals surface area contributed by atoms with E-state index in [1.54, 1.807) is 11.9 Å². The molecule has 0 spiro atoms. The number of amides is 1. The van der Waals surface area contributed by atoms with Gasteiger partial charge in [-0.05, 0) is 43.8 Å². The number of aromatic nitrogens is 2. The first-order valence-corrected chi connectivity index (χ1v) is 9.48. The number of carbonyl (C=O) groups excluding carboxylic acids is 1. The van der Waals surface area contributed by atoms with Crippen LogP contribution in [0.15, 0.2) is 34.9 Å². The van der Waals surface area contributed by atoms with Gasteiger partial charge in [0.15, 0.2) is 5.82 Å². The van der Waals surface area contributed by atoms with Crippen LogP contribution in [-0.4, -0.2) is 52.5 Å². The molecule has 0 radical (unpaired) electrons. The minimum atomic E-state index is 0.102. The summed E-state index contributed by atoms with van der Waals surface area (Å²) in [6, 6.07) is 10.7. The smallest absolute Gasteiger partial charge is 0.236 e. The average Bonchev–Trinajstić information content (AvgIpc) is 3.10. The van der Waals surface area contributed by atoms with E-state index < -0.39 is 0 Å².